The molecule has 0 saturated carbocycles. The van der Waals surface area contributed by atoms with Gasteiger partial charge in [-0.3, -0.25) is 4.79 Å². The first-order chi connectivity index (χ1) is 9.07. The molecule has 0 aliphatic heterocycles. The molecule has 112 valence electrons. The molecule has 0 fully saturated rings. The molecule has 0 unspecified atom stereocenters. The van der Waals surface area contributed by atoms with E-state index in [9.17, 15) is 4.79 Å². The molecule has 4 nitrogen and oxygen atoms in total. The molecule has 4 heteroatoms. The Kier molecular flexibility index (Phi) is 5.03. The summed E-state index contributed by atoms with van der Waals surface area (Å²) in [5.41, 5.74) is 5.57. The predicted molar refractivity (Wildman–Crippen MR) is 80.6 cm³/mol. The summed E-state index contributed by atoms with van der Waals surface area (Å²) in [4.78, 5) is 11.8. The molecular formula is C16H25NO3. The van der Waals surface area contributed by atoms with Crippen molar-refractivity contribution in [3.05, 3.63) is 24.3 Å². The Bertz CT molecular complexity index is 444. The van der Waals surface area contributed by atoms with Crippen LogP contribution in [0, 0.1) is 5.41 Å². The van der Waals surface area contributed by atoms with E-state index in [0.29, 0.717) is 18.7 Å². The van der Waals surface area contributed by atoms with Crippen LogP contribution >= 0.6 is 0 Å². The number of ether oxygens (including phenoxy) is 2. The smallest absolute Gasteiger partial charge is 0.306 e. The number of hydrogen-bond acceptors (Lipinski definition) is 4. The minimum atomic E-state index is -0.453. The Balaban J connectivity index is 2.48. The monoisotopic (exact) mass is 279 g/mol. The van der Waals surface area contributed by atoms with E-state index in [-0.39, 0.29) is 11.4 Å². The van der Waals surface area contributed by atoms with Gasteiger partial charge in [-0.15, -0.1) is 0 Å². The van der Waals surface area contributed by atoms with Crippen LogP contribution in [-0.2, 0) is 9.53 Å². The van der Waals surface area contributed by atoms with Gasteiger partial charge in [0.15, 0.2) is 0 Å². The molecule has 1 rings (SSSR count). The van der Waals surface area contributed by atoms with Gasteiger partial charge in [-0.25, -0.2) is 0 Å². The summed E-state index contributed by atoms with van der Waals surface area (Å²) in [5.74, 6) is 0.542. The van der Waals surface area contributed by atoms with Crippen LogP contribution < -0.4 is 10.5 Å². The molecule has 0 atom stereocenters. The molecule has 0 aliphatic rings. The molecule has 2 N–H and O–H groups in total. The normalized spacial score (nSPS) is 12.1. The highest BCUT2D eigenvalue weighted by molar-refractivity contribution is 5.70. The van der Waals surface area contributed by atoms with Crippen molar-refractivity contribution >= 4 is 11.7 Å². The van der Waals surface area contributed by atoms with E-state index < -0.39 is 5.60 Å². The first kappa shape index (κ1) is 16.3. The number of nitrogens with two attached hydrogens (primary N) is 1. The number of nitrogen functional groups attached to an aromatic ring is 1. The van der Waals surface area contributed by atoms with E-state index in [2.05, 4.69) is 0 Å². The van der Waals surface area contributed by atoms with Crippen LogP contribution in [0.1, 0.15) is 41.0 Å². The Morgan fingerprint density at radius 2 is 1.65 bits per heavy atom. The van der Waals surface area contributed by atoms with Gasteiger partial charge in [-0.1, -0.05) is 13.8 Å². The van der Waals surface area contributed by atoms with Gasteiger partial charge in [0.05, 0.1) is 13.0 Å². The number of rotatable bonds is 5. The maximum atomic E-state index is 11.8. The second kappa shape index (κ2) is 6.16. The van der Waals surface area contributed by atoms with E-state index >= 15 is 0 Å². The number of hydrogen-bond donors (Lipinski definition) is 1. The van der Waals surface area contributed by atoms with Crippen LogP contribution in [0.15, 0.2) is 24.3 Å². The molecule has 1 aromatic rings. The average molecular weight is 279 g/mol. The van der Waals surface area contributed by atoms with Crippen molar-refractivity contribution in [3.63, 3.8) is 0 Å². The fraction of sp³-hybridized carbons (Fsp3) is 0.562. The minimum absolute atomic E-state index is 0.205. The quantitative estimate of drug-likeness (QED) is 0.663. The second-order valence-electron chi connectivity index (χ2n) is 6.79. The molecule has 0 aliphatic carbocycles. The standard InChI is InChI=1S/C16H25NO3/c1-15(2,3)20-14(18)10-16(4,5)11-19-13-8-6-12(17)7-9-13/h6-9H,10-11,17H2,1-5H3. The third kappa shape index (κ3) is 6.45. The largest absolute Gasteiger partial charge is 0.493 e. The van der Waals surface area contributed by atoms with Gasteiger partial charge in [0.1, 0.15) is 11.4 Å². The van der Waals surface area contributed by atoms with E-state index in [1.165, 1.54) is 0 Å². The molecule has 0 aromatic heterocycles. The van der Waals surface area contributed by atoms with E-state index in [1.807, 2.05) is 46.8 Å². The molecule has 20 heavy (non-hydrogen) atoms. The number of anilines is 1. The number of carbonyl (C=O) groups is 1. The first-order valence-electron chi connectivity index (χ1n) is 6.78. The zero-order chi connectivity index (χ0) is 15.4. The summed E-state index contributed by atoms with van der Waals surface area (Å²) in [6.45, 7) is 9.99. The maximum Gasteiger partial charge on any atom is 0.306 e. The van der Waals surface area contributed by atoms with Crippen LogP contribution in [0.2, 0.25) is 0 Å². The fourth-order valence-corrected chi connectivity index (χ4v) is 1.66. The zero-order valence-electron chi connectivity index (χ0n) is 13.0. The highest BCUT2D eigenvalue weighted by Gasteiger charge is 2.26. The van der Waals surface area contributed by atoms with Gasteiger partial charge in [-0.05, 0) is 45.0 Å². The molecular weight excluding hydrogens is 254 g/mol. The molecule has 0 heterocycles. The minimum Gasteiger partial charge on any atom is -0.493 e. The topological polar surface area (TPSA) is 61.5 Å². The maximum absolute atomic E-state index is 11.8. The van der Waals surface area contributed by atoms with Gasteiger partial charge in [-0.2, -0.15) is 0 Å². The summed E-state index contributed by atoms with van der Waals surface area (Å²) in [7, 11) is 0. The lowest BCUT2D eigenvalue weighted by atomic mass is 9.90. The Labute approximate surface area is 121 Å². The highest BCUT2D eigenvalue weighted by atomic mass is 16.6. The van der Waals surface area contributed by atoms with Gasteiger partial charge < -0.3 is 15.2 Å². The van der Waals surface area contributed by atoms with Crippen LogP contribution in [-0.4, -0.2) is 18.2 Å². The summed E-state index contributed by atoms with van der Waals surface area (Å²) in [6, 6.07) is 7.21. The van der Waals surface area contributed by atoms with Crippen LogP contribution in [0.25, 0.3) is 0 Å². The summed E-state index contributed by atoms with van der Waals surface area (Å²) < 4.78 is 11.0. The van der Waals surface area contributed by atoms with Gasteiger partial charge in [0.2, 0.25) is 0 Å². The van der Waals surface area contributed by atoms with Crippen molar-refractivity contribution in [1.82, 2.24) is 0 Å². The number of carbonyl (C=O) groups excluding carboxylic acids is 1. The summed E-state index contributed by atoms with van der Waals surface area (Å²) >= 11 is 0. The number of esters is 1. The first-order valence-corrected chi connectivity index (χ1v) is 6.78. The van der Waals surface area contributed by atoms with Crippen LogP contribution in [0.5, 0.6) is 5.75 Å². The lowest BCUT2D eigenvalue weighted by molar-refractivity contribution is -0.157. The summed E-state index contributed by atoms with van der Waals surface area (Å²) in [5, 5.41) is 0. The Hall–Kier alpha value is -1.71. The summed E-state index contributed by atoms with van der Waals surface area (Å²) in [6.07, 6.45) is 0.319. The molecule has 1 aromatic carbocycles. The van der Waals surface area contributed by atoms with Crippen molar-refractivity contribution in [1.29, 1.82) is 0 Å². The van der Waals surface area contributed by atoms with Crippen molar-refractivity contribution in [2.75, 3.05) is 12.3 Å². The molecule has 0 spiro atoms. The van der Waals surface area contributed by atoms with E-state index in [4.69, 9.17) is 15.2 Å². The molecule has 0 saturated heterocycles. The van der Waals surface area contributed by atoms with Crippen LogP contribution in [0.3, 0.4) is 0 Å². The SMILES string of the molecule is CC(C)(COc1ccc(N)cc1)CC(=O)OC(C)(C)C. The highest BCUT2D eigenvalue weighted by Crippen LogP contribution is 2.24. The van der Waals surface area contributed by atoms with E-state index in [0.717, 1.165) is 5.75 Å². The lowest BCUT2D eigenvalue weighted by Gasteiger charge is -2.26. The Morgan fingerprint density at radius 1 is 1.10 bits per heavy atom. The third-order valence-corrected chi connectivity index (χ3v) is 2.55. The molecule has 0 bridgehead atoms. The third-order valence-electron chi connectivity index (χ3n) is 2.55. The predicted octanol–water partition coefficient (Wildman–Crippen LogP) is 3.41. The fourth-order valence-electron chi connectivity index (χ4n) is 1.66. The van der Waals surface area contributed by atoms with Gasteiger partial charge in [0.25, 0.3) is 0 Å². The zero-order valence-corrected chi connectivity index (χ0v) is 13.0. The van der Waals surface area contributed by atoms with Crippen molar-refractivity contribution in [3.8, 4) is 5.75 Å². The second-order valence-corrected chi connectivity index (χ2v) is 6.79. The number of benzene rings is 1. The molecule has 0 radical (unpaired) electrons. The molecule has 0 amide bonds. The van der Waals surface area contributed by atoms with Gasteiger partial charge in [0, 0.05) is 11.1 Å². The van der Waals surface area contributed by atoms with Crippen molar-refractivity contribution in [2.24, 2.45) is 5.41 Å². The van der Waals surface area contributed by atoms with Crippen molar-refractivity contribution < 1.29 is 14.3 Å². The Morgan fingerprint density at radius 3 is 2.15 bits per heavy atom. The van der Waals surface area contributed by atoms with Gasteiger partial charge >= 0.3 is 5.97 Å². The van der Waals surface area contributed by atoms with Crippen molar-refractivity contribution in [2.45, 2.75) is 46.6 Å². The van der Waals surface area contributed by atoms with Crippen LogP contribution in [0.4, 0.5) is 5.69 Å². The van der Waals surface area contributed by atoms with E-state index in [1.54, 1.807) is 12.1 Å². The lowest BCUT2D eigenvalue weighted by Crippen LogP contribution is -2.30. The average Bonchev–Trinajstić information content (AvgIpc) is 2.24.